The summed E-state index contributed by atoms with van der Waals surface area (Å²) in [6, 6.07) is 3.76. The van der Waals surface area contributed by atoms with Gasteiger partial charge in [0.05, 0.1) is 31.6 Å². The molecule has 9 heteroatoms. The maximum atomic E-state index is 12.4. The standard InChI is InChI=1S/C24H40N4O5/c1-23(2,3)32-21(29)16-27-10-8-25-9-11-28(17-22(30)33-24(4,5)6)15-19-13-20(31-7)12-18(14-27)26-19/h12-13,25H,8-11,14-17H2,1-7H3. The van der Waals surface area contributed by atoms with Crippen LogP contribution in [0.5, 0.6) is 5.75 Å². The van der Waals surface area contributed by atoms with Crippen LogP contribution in [0.4, 0.5) is 0 Å². The normalized spacial score (nSPS) is 16.9. The Bertz CT molecular complexity index is 741. The molecule has 1 aromatic rings. The summed E-state index contributed by atoms with van der Waals surface area (Å²) in [5.41, 5.74) is 0.540. The fraction of sp³-hybridized carbons (Fsp3) is 0.708. The molecule has 2 bridgehead atoms. The lowest BCUT2D eigenvalue weighted by molar-refractivity contribution is -0.157. The van der Waals surface area contributed by atoms with E-state index in [0.29, 0.717) is 45.0 Å². The largest absolute Gasteiger partial charge is 0.497 e. The fourth-order valence-corrected chi connectivity index (χ4v) is 3.50. The molecule has 0 aliphatic carbocycles. The molecule has 0 atom stereocenters. The summed E-state index contributed by atoms with van der Waals surface area (Å²) < 4.78 is 16.5. The van der Waals surface area contributed by atoms with Crippen molar-refractivity contribution in [3.05, 3.63) is 23.5 Å². The zero-order chi connectivity index (χ0) is 24.6. The first-order valence-corrected chi connectivity index (χ1v) is 11.5. The van der Waals surface area contributed by atoms with E-state index in [9.17, 15) is 9.59 Å². The summed E-state index contributed by atoms with van der Waals surface area (Å²) >= 11 is 0. The molecule has 0 radical (unpaired) electrons. The van der Waals surface area contributed by atoms with Crippen molar-refractivity contribution >= 4 is 11.9 Å². The first-order chi connectivity index (χ1) is 15.3. The predicted octanol–water partition coefficient (Wildman–Crippen LogP) is 1.98. The molecule has 1 N–H and O–H groups in total. The summed E-state index contributed by atoms with van der Waals surface area (Å²) in [5, 5.41) is 3.40. The first kappa shape index (κ1) is 27.0. The third kappa shape index (κ3) is 11.0. The first-order valence-electron chi connectivity index (χ1n) is 11.5. The Morgan fingerprint density at radius 1 is 0.879 bits per heavy atom. The number of nitrogens with zero attached hydrogens (tertiary/aromatic N) is 3. The van der Waals surface area contributed by atoms with Crippen LogP contribution in [0, 0.1) is 0 Å². The van der Waals surface area contributed by atoms with Gasteiger partial charge in [0.1, 0.15) is 17.0 Å². The number of hydrogen-bond acceptors (Lipinski definition) is 9. The highest BCUT2D eigenvalue weighted by Gasteiger charge is 2.22. The van der Waals surface area contributed by atoms with Gasteiger partial charge in [0, 0.05) is 51.4 Å². The molecule has 33 heavy (non-hydrogen) atoms. The van der Waals surface area contributed by atoms with Crippen molar-refractivity contribution in [2.45, 2.75) is 65.8 Å². The van der Waals surface area contributed by atoms with E-state index in [1.165, 1.54) is 0 Å². The minimum Gasteiger partial charge on any atom is -0.497 e. The molecule has 0 fully saturated rings. The number of rotatable bonds is 5. The smallest absolute Gasteiger partial charge is 0.320 e. The number of pyridine rings is 1. The number of methoxy groups -OCH3 is 1. The number of aromatic nitrogens is 1. The van der Waals surface area contributed by atoms with Crippen LogP contribution in [0.1, 0.15) is 52.9 Å². The lowest BCUT2D eigenvalue weighted by Crippen LogP contribution is -2.42. The molecule has 2 heterocycles. The van der Waals surface area contributed by atoms with Gasteiger partial charge in [0.25, 0.3) is 0 Å². The SMILES string of the molecule is COc1cc2nc(c1)CN(CC(=O)OC(C)(C)C)CCNCCN(CC(=O)OC(C)(C)C)C2. The molecule has 186 valence electrons. The van der Waals surface area contributed by atoms with Crippen LogP contribution < -0.4 is 10.1 Å². The van der Waals surface area contributed by atoms with E-state index in [1.807, 2.05) is 63.5 Å². The maximum absolute atomic E-state index is 12.4. The number of nitrogens with one attached hydrogen (secondary N) is 1. The average Bonchev–Trinajstić information content (AvgIpc) is 2.63. The van der Waals surface area contributed by atoms with Gasteiger partial charge in [-0.15, -0.1) is 0 Å². The number of carbonyl (C=O) groups is 2. The average molecular weight is 465 g/mol. The second-order valence-corrected chi connectivity index (χ2v) is 10.3. The van der Waals surface area contributed by atoms with Gasteiger partial charge in [0.2, 0.25) is 0 Å². The summed E-state index contributed by atoms with van der Waals surface area (Å²) in [4.78, 5) is 33.7. The van der Waals surface area contributed by atoms with E-state index >= 15 is 0 Å². The van der Waals surface area contributed by atoms with Crippen molar-refractivity contribution < 1.29 is 23.8 Å². The van der Waals surface area contributed by atoms with Gasteiger partial charge in [-0.3, -0.25) is 24.4 Å². The Morgan fingerprint density at radius 3 is 1.67 bits per heavy atom. The molecular formula is C24H40N4O5. The molecule has 0 amide bonds. The van der Waals surface area contributed by atoms with Gasteiger partial charge < -0.3 is 19.5 Å². The van der Waals surface area contributed by atoms with Gasteiger partial charge in [-0.2, -0.15) is 0 Å². The monoisotopic (exact) mass is 464 g/mol. The lowest BCUT2D eigenvalue weighted by atomic mass is 10.2. The van der Waals surface area contributed by atoms with Gasteiger partial charge in [-0.1, -0.05) is 0 Å². The van der Waals surface area contributed by atoms with Crippen molar-refractivity contribution in [1.29, 1.82) is 0 Å². The highest BCUT2D eigenvalue weighted by atomic mass is 16.6. The molecule has 1 aromatic heterocycles. The number of esters is 2. The Labute approximate surface area is 197 Å². The number of carbonyl (C=O) groups excluding carboxylic acids is 2. The van der Waals surface area contributed by atoms with Crippen LogP contribution in [0.15, 0.2) is 12.1 Å². The molecule has 0 saturated carbocycles. The van der Waals surface area contributed by atoms with Crippen LogP contribution >= 0.6 is 0 Å². The fourth-order valence-electron chi connectivity index (χ4n) is 3.50. The number of fused-ring (bicyclic) bond motifs is 2. The highest BCUT2D eigenvalue weighted by Crippen LogP contribution is 2.18. The molecule has 1 aliphatic rings. The Balaban J connectivity index is 2.19. The summed E-state index contributed by atoms with van der Waals surface area (Å²) in [6.07, 6.45) is 0. The van der Waals surface area contributed by atoms with Crippen molar-refractivity contribution in [3.8, 4) is 5.75 Å². The Morgan fingerprint density at radius 2 is 1.30 bits per heavy atom. The van der Waals surface area contributed by atoms with E-state index < -0.39 is 11.2 Å². The quantitative estimate of drug-likeness (QED) is 0.657. The highest BCUT2D eigenvalue weighted by molar-refractivity contribution is 5.72. The van der Waals surface area contributed by atoms with Crippen molar-refractivity contribution in [2.75, 3.05) is 46.4 Å². The minimum absolute atomic E-state index is 0.179. The molecular weight excluding hydrogens is 424 g/mol. The topological polar surface area (TPSA) is 93.2 Å². The minimum atomic E-state index is -0.527. The predicted molar refractivity (Wildman–Crippen MR) is 126 cm³/mol. The molecule has 1 aliphatic heterocycles. The summed E-state index contributed by atoms with van der Waals surface area (Å²) in [7, 11) is 1.62. The van der Waals surface area contributed by atoms with Crippen molar-refractivity contribution in [1.82, 2.24) is 20.1 Å². The summed E-state index contributed by atoms with van der Waals surface area (Å²) in [5.74, 6) is 0.169. The Hall–Kier alpha value is -2.23. The van der Waals surface area contributed by atoms with Crippen molar-refractivity contribution in [3.63, 3.8) is 0 Å². The van der Waals surface area contributed by atoms with Crippen LogP contribution in [-0.4, -0.2) is 84.3 Å². The molecule has 0 unspecified atom stereocenters. The summed E-state index contributed by atoms with van der Waals surface area (Å²) in [6.45, 7) is 15.2. The Kier molecular flexibility index (Phi) is 9.63. The van der Waals surface area contributed by atoms with E-state index in [4.69, 9.17) is 19.2 Å². The molecule has 0 saturated heterocycles. The van der Waals surface area contributed by atoms with Gasteiger partial charge in [-0.25, -0.2) is 0 Å². The molecule has 0 spiro atoms. The van der Waals surface area contributed by atoms with Crippen LogP contribution in [0.25, 0.3) is 0 Å². The third-order valence-corrected chi connectivity index (χ3v) is 4.67. The van der Waals surface area contributed by atoms with Gasteiger partial charge in [-0.05, 0) is 41.5 Å². The molecule has 0 aromatic carbocycles. The van der Waals surface area contributed by atoms with Crippen molar-refractivity contribution in [2.24, 2.45) is 0 Å². The molecule has 2 rings (SSSR count). The van der Waals surface area contributed by atoms with Gasteiger partial charge >= 0.3 is 11.9 Å². The number of hydrogen-bond donors (Lipinski definition) is 1. The van der Waals surface area contributed by atoms with Crippen LogP contribution in [0.3, 0.4) is 0 Å². The second kappa shape index (κ2) is 11.8. The number of ether oxygens (including phenoxy) is 3. The zero-order valence-electron chi connectivity index (χ0n) is 21.2. The van der Waals surface area contributed by atoms with E-state index in [0.717, 1.165) is 11.4 Å². The maximum Gasteiger partial charge on any atom is 0.320 e. The zero-order valence-corrected chi connectivity index (χ0v) is 21.2. The van der Waals surface area contributed by atoms with E-state index in [2.05, 4.69) is 5.32 Å². The lowest BCUT2D eigenvalue weighted by Gasteiger charge is -2.27. The van der Waals surface area contributed by atoms with Gasteiger partial charge in [0.15, 0.2) is 0 Å². The second-order valence-electron chi connectivity index (χ2n) is 10.3. The third-order valence-electron chi connectivity index (χ3n) is 4.67. The molecule has 9 nitrogen and oxygen atoms in total. The van der Waals surface area contributed by atoms with E-state index in [-0.39, 0.29) is 25.0 Å². The van der Waals surface area contributed by atoms with Crippen LogP contribution in [0.2, 0.25) is 0 Å². The van der Waals surface area contributed by atoms with Crippen LogP contribution in [-0.2, 0) is 32.2 Å². The van der Waals surface area contributed by atoms with E-state index in [1.54, 1.807) is 7.11 Å².